The Morgan fingerprint density at radius 2 is 1.91 bits per heavy atom. The molecule has 0 saturated carbocycles. The van der Waals surface area contributed by atoms with Crippen molar-refractivity contribution in [2.75, 3.05) is 6.61 Å². The lowest BCUT2D eigenvalue weighted by atomic mass is 10.1. The number of rotatable bonds is 5. The van der Waals surface area contributed by atoms with E-state index < -0.39 is 0 Å². The number of aromatic amines is 1. The molecule has 0 fully saturated rings. The largest absolute Gasteiger partial charge is 0.484 e. The van der Waals surface area contributed by atoms with E-state index in [0.717, 1.165) is 8.95 Å². The van der Waals surface area contributed by atoms with Gasteiger partial charge in [-0.05, 0) is 60.5 Å². The molecule has 0 aliphatic rings. The Hall–Kier alpha value is -1.40. The lowest BCUT2D eigenvalue weighted by molar-refractivity contribution is 0.0915. The third-order valence-corrected chi connectivity index (χ3v) is 4.43. The minimum absolute atomic E-state index is 0.0538. The maximum atomic E-state index is 12.3. The van der Waals surface area contributed by atoms with Crippen LogP contribution in [0.2, 0.25) is 0 Å². The number of ketones is 2. The molecule has 0 radical (unpaired) electrons. The van der Waals surface area contributed by atoms with E-state index in [-0.39, 0.29) is 18.2 Å². The summed E-state index contributed by atoms with van der Waals surface area (Å²) in [4.78, 5) is 26.9. The third-order valence-electron chi connectivity index (χ3n) is 3.32. The summed E-state index contributed by atoms with van der Waals surface area (Å²) in [6, 6.07) is 5.45. The first kappa shape index (κ1) is 17.0. The van der Waals surface area contributed by atoms with Crippen molar-refractivity contribution in [1.82, 2.24) is 4.98 Å². The van der Waals surface area contributed by atoms with Crippen LogP contribution in [0.15, 0.2) is 27.1 Å². The first-order valence-corrected chi connectivity index (χ1v) is 8.21. The van der Waals surface area contributed by atoms with Gasteiger partial charge in [0.1, 0.15) is 5.75 Å². The van der Waals surface area contributed by atoms with E-state index in [0.29, 0.717) is 28.3 Å². The van der Waals surface area contributed by atoms with Crippen LogP contribution < -0.4 is 4.74 Å². The Balaban J connectivity index is 2.16. The SMILES string of the molecule is CC(=O)c1c(C)[nH]c(C(=O)COc2ccc(Br)cc2Br)c1C. The van der Waals surface area contributed by atoms with Gasteiger partial charge in [-0.1, -0.05) is 15.9 Å². The molecule has 22 heavy (non-hydrogen) atoms. The summed E-state index contributed by atoms with van der Waals surface area (Å²) in [7, 11) is 0. The zero-order valence-corrected chi connectivity index (χ0v) is 15.6. The summed E-state index contributed by atoms with van der Waals surface area (Å²) < 4.78 is 7.23. The van der Waals surface area contributed by atoms with Gasteiger partial charge in [0.15, 0.2) is 12.4 Å². The van der Waals surface area contributed by atoms with Gasteiger partial charge in [-0.3, -0.25) is 9.59 Å². The lowest BCUT2D eigenvalue weighted by Gasteiger charge is -2.08. The summed E-state index contributed by atoms with van der Waals surface area (Å²) >= 11 is 6.74. The molecule has 0 saturated heterocycles. The Bertz CT molecular complexity index is 750. The van der Waals surface area contributed by atoms with Crippen LogP contribution in [0.5, 0.6) is 5.75 Å². The molecule has 0 unspecified atom stereocenters. The van der Waals surface area contributed by atoms with E-state index in [1.807, 2.05) is 12.1 Å². The van der Waals surface area contributed by atoms with Crippen molar-refractivity contribution in [2.45, 2.75) is 20.8 Å². The van der Waals surface area contributed by atoms with Crippen LogP contribution in [0, 0.1) is 13.8 Å². The van der Waals surface area contributed by atoms with Crippen LogP contribution in [-0.2, 0) is 0 Å². The van der Waals surface area contributed by atoms with Crippen molar-refractivity contribution in [3.8, 4) is 5.75 Å². The Labute approximate surface area is 145 Å². The van der Waals surface area contributed by atoms with E-state index in [1.54, 1.807) is 19.9 Å². The van der Waals surface area contributed by atoms with Gasteiger partial charge in [-0.2, -0.15) is 0 Å². The second-order valence-corrected chi connectivity index (χ2v) is 6.74. The van der Waals surface area contributed by atoms with Crippen molar-refractivity contribution >= 4 is 43.4 Å². The molecular formula is C16H15Br2NO3. The number of aryl methyl sites for hydroxylation is 1. The fourth-order valence-electron chi connectivity index (χ4n) is 2.36. The third kappa shape index (κ3) is 3.50. The van der Waals surface area contributed by atoms with Gasteiger partial charge in [0.2, 0.25) is 5.78 Å². The van der Waals surface area contributed by atoms with E-state index >= 15 is 0 Å². The molecule has 116 valence electrons. The van der Waals surface area contributed by atoms with Crippen molar-refractivity contribution in [1.29, 1.82) is 0 Å². The number of Topliss-reactive ketones (excluding diaryl/α,β-unsaturated/α-hetero) is 2. The number of halogens is 2. The molecular weight excluding hydrogens is 414 g/mol. The van der Waals surface area contributed by atoms with Gasteiger partial charge in [-0.25, -0.2) is 0 Å². The van der Waals surface area contributed by atoms with Crippen LogP contribution >= 0.6 is 31.9 Å². The fraction of sp³-hybridized carbons (Fsp3) is 0.250. The fourth-order valence-corrected chi connectivity index (χ4v) is 3.53. The lowest BCUT2D eigenvalue weighted by Crippen LogP contribution is -2.13. The Morgan fingerprint density at radius 1 is 1.23 bits per heavy atom. The smallest absolute Gasteiger partial charge is 0.216 e. The van der Waals surface area contributed by atoms with Crippen molar-refractivity contribution in [2.24, 2.45) is 0 Å². The van der Waals surface area contributed by atoms with Crippen LogP contribution in [0.4, 0.5) is 0 Å². The molecule has 0 atom stereocenters. The zero-order chi connectivity index (χ0) is 16.4. The highest BCUT2D eigenvalue weighted by Crippen LogP contribution is 2.28. The van der Waals surface area contributed by atoms with Crippen molar-refractivity contribution < 1.29 is 14.3 Å². The quantitative estimate of drug-likeness (QED) is 0.706. The average Bonchev–Trinajstić information content (AvgIpc) is 2.72. The number of benzene rings is 1. The van der Waals surface area contributed by atoms with Gasteiger partial charge in [0.05, 0.1) is 10.2 Å². The molecule has 0 spiro atoms. The molecule has 2 rings (SSSR count). The standard InChI is InChI=1S/C16H15Br2NO3/c1-8-15(10(3)20)9(2)19-16(8)13(21)7-22-14-5-4-11(17)6-12(14)18/h4-6,19H,7H2,1-3H3. The number of aromatic nitrogens is 1. The van der Waals surface area contributed by atoms with Gasteiger partial charge >= 0.3 is 0 Å². The van der Waals surface area contributed by atoms with E-state index in [1.165, 1.54) is 6.92 Å². The summed E-state index contributed by atoms with van der Waals surface area (Å²) in [6.07, 6.45) is 0. The van der Waals surface area contributed by atoms with E-state index in [2.05, 4.69) is 36.8 Å². The number of hydrogen-bond donors (Lipinski definition) is 1. The molecule has 6 heteroatoms. The minimum atomic E-state index is -0.192. The van der Waals surface area contributed by atoms with Crippen LogP contribution in [0.3, 0.4) is 0 Å². The van der Waals surface area contributed by atoms with Crippen molar-refractivity contribution in [3.05, 3.63) is 49.7 Å². The van der Waals surface area contributed by atoms with Crippen LogP contribution in [0.25, 0.3) is 0 Å². The minimum Gasteiger partial charge on any atom is -0.484 e. The highest BCUT2D eigenvalue weighted by Gasteiger charge is 2.20. The summed E-state index contributed by atoms with van der Waals surface area (Å²) in [5, 5.41) is 0. The molecule has 4 nitrogen and oxygen atoms in total. The Morgan fingerprint density at radius 3 is 2.45 bits per heavy atom. The predicted octanol–water partition coefficient (Wildman–Crippen LogP) is 4.62. The number of carbonyl (C=O) groups excluding carboxylic acids is 2. The molecule has 0 aliphatic carbocycles. The monoisotopic (exact) mass is 427 g/mol. The molecule has 1 N–H and O–H groups in total. The van der Waals surface area contributed by atoms with Gasteiger partial charge in [-0.15, -0.1) is 0 Å². The van der Waals surface area contributed by atoms with Gasteiger partial charge < -0.3 is 9.72 Å². The first-order chi connectivity index (χ1) is 10.3. The number of ether oxygens (including phenoxy) is 1. The molecule has 0 amide bonds. The van der Waals surface area contributed by atoms with Crippen LogP contribution in [-0.4, -0.2) is 23.2 Å². The molecule has 1 heterocycles. The van der Waals surface area contributed by atoms with E-state index in [4.69, 9.17) is 4.74 Å². The van der Waals surface area contributed by atoms with E-state index in [9.17, 15) is 9.59 Å². The summed E-state index contributed by atoms with van der Waals surface area (Å²) in [5.74, 6) is 0.342. The van der Waals surface area contributed by atoms with Crippen LogP contribution in [0.1, 0.15) is 39.0 Å². The molecule has 2 aromatic rings. The highest BCUT2D eigenvalue weighted by molar-refractivity contribution is 9.11. The van der Waals surface area contributed by atoms with Gasteiger partial charge in [0, 0.05) is 15.7 Å². The Kier molecular flexibility index (Phi) is 5.24. The van der Waals surface area contributed by atoms with Crippen molar-refractivity contribution in [3.63, 3.8) is 0 Å². The number of hydrogen-bond acceptors (Lipinski definition) is 3. The topological polar surface area (TPSA) is 59.2 Å². The normalized spacial score (nSPS) is 10.6. The zero-order valence-electron chi connectivity index (χ0n) is 12.4. The predicted molar refractivity (Wildman–Crippen MR) is 91.9 cm³/mol. The number of nitrogens with one attached hydrogen (secondary N) is 1. The highest BCUT2D eigenvalue weighted by atomic mass is 79.9. The number of carbonyl (C=O) groups is 2. The average molecular weight is 429 g/mol. The number of H-pyrrole nitrogens is 1. The summed E-state index contributed by atoms with van der Waals surface area (Å²) in [6.45, 7) is 4.95. The maximum Gasteiger partial charge on any atom is 0.216 e. The molecule has 1 aromatic heterocycles. The molecule has 0 bridgehead atoms. The summed E-state index contributed by atoms with van der Waals surface area (Å²) in [5.41, 5.74) is 2.38. The first-order valence-electron chi connectivity index (χ1n) is 6.62. The van der Waals surface area contributed by atoms with Gasteiger partial charge in [0.25, 0.3) is 0 Å². The second-order valence-electron chi connectivity index (χ2n) is 4.97. The molecule has 1 aromatic carbocycles. The maximum absolute atomic E-state index is 12.3. The molecule has 0 aliphatic heterocycles. The second kappa shape index (κ2) is 6.79.